The molecule has 0 spiro atoms. The van der Waals surface area contributed by atoms with Crippen LogP contribution in [0.2, 0.25) is 0 Å². The molecule has 1 atom stereocenters. The fourth-order valence-corrected chi connectivity index (χ4v) is 2.33. The third-order valence-electron chi connectivity index (χ3n) is 2.97. The van der Waals surface area contributed by atoms with Crippen LogP contribution in [-0.4, -0.2) is 43.6 Å². The molecule has 2 rings (SSSR count). The van der Waals surface area contributed by atoms with E-state index in [0.717, 1.165) is 23.6 Å². The fourth-order valence-electron chi connectivity index (χ4n) is 1.95. The highest BCUT2D eigenvalue weighted by atomic mass is 32.2. The molecule has 1 aromatic heterocycles. The number of aliphatic hydroxyl groups excluding tert-OH is 2. The molecule has 1 heterocycles. The molecule has 6 heteroatoms. The Kier molecular flexibility index (Phi) is 5.58. The summed E-state index contributed by atoms with van der Waals surface area (Å²) in [5.41, 5.74) is 0.769. The van der Waals surface area contributed by atoms with E-state index in [2.05, 4.69) is 10.1 Å². The summed E-state index contributed by atoms with van der Waals surface area (Å²) in [6.07, 6.45) is 1.98. The van der Waals surface area contributed by atoms with E-state index in [4.69, 9.17) is 5.11 Å². The van der Waals surface area contributed by atoms with E-state index in [1.165, 1.54) is 0 Å². The Morgan fingerprint density at radius 3 is 2.70 bits per heavy atom. The van der Waals surface area contributed by atoms with Crippen molar-refractivity contribution in [3.05, 3.63) is 47.5 Å². The summed E-state index contributed by atoms with van der Waals surface area (Å²) in [6.45, 7) is 0.411. The highest BCUT2D eigenvalue weighted by molar-refractivity contribution is 7.98. The Morgan fingerprint density at radius 1 is 1.30 bits per heavy atom. The summed E-state index contributed by atoms with van der Waals surface area (Å²) in [5, 5.41) is 23.7. The molecule has 0 fully saturated rings. The summed E-state index contributed by atoms with van der Waals surface area (Å²) >= 11 is 1.73. The van der Waals surface area contributed by atoms with Gasteiger partial charge in [-0.15, -0.1) is 0 Å². The highest BCUT2D eigenvalue weighted by Gasteiger charge is 2.18. The van der Waals surface area contributed by atoms with E-state index in [0.29, 0.717) is 12.4 Å². The molecule has 0 radical (unpaired) electrons. The van der Waals surface area contributed by atoms with Crippen molar-refractivity contribution in [2.75, 3.05) is 18.6 Å². The van der Waals surface area contributed by atoms with Gasteiger partial charge in [-0.1, -0.05) is 30.3 Å². The Balaban J connectivity index is 2.23. The molecule has 0 aliphatic carbocycles. The van der Waals surface area contributed by atoms with Gasteiger partial charge in [-0.2, -0.15) is 16.9 Å². The lowest BCUT2D eigenvalue weighted by atomic mass is 10.1. The van der Waals surface area contributed by atoms with Gasteiger partial charge >= 0.3 is 0 Å². The molecule has 5 nitrogen and oxygen atoms in total. The first-order chi connectivity index (χ1) is 9.76. The molecule has 2 aromatic rings. The van der Waals surface area contributed by atoms with Crippen LogP contribution in [-0.2, 0) is 13.0 Å². The molecular weight excluding hydrogens is 274 g/mol. The summed E-state index contributed by atoms with van der Waals surface area (Å²) in [7, 11) is 0. The number of aliphatic hydroxyl groups is 2. The molecule has 0 saturated carbocycles. The predicted molar refractivity (Wildman–Crippen MR) is 79.7 cm³/mol. The van der Waals surface area contributed by atoms with E-state index < -0.39 is 6.10 Å². The fraction of sp³-hybridized carbons (Fsp3) is 0.429. The molecule has 0 amide bonds. The van der Waals surface area contributed by atoms with Gasteiger partial charge in [0.15, 0.2) is 5.82 Å². The maximum atomic E-state index is 10.3. The molecule has 0 saturated heterocycles. The van der Waals surface area contributed by atoms with Crippen LogP contribution in [0.5, 0.6) is 0 Å². The van der Waals surface area contributed by atoms with Gasteiger partial charge in [0, 0.05) is 12.2 Å². The topological polar surface area (TPSA) is 71.2 Å². The predicted octanol–water partition coefficient (Wildman–Crippen LogP) is 1.26. The van der Waals surface area contributed by atoms with Crippen molar-refractivity contribution < 1.29 is 10.2 Å². The lowest BCUT2D eigenvalue weighted by Gasteiger charge is -2.05. The van der Waals surface area contributed by atoms with E-state index in [-0.39, 0.29) is 6.61 Å². The van der Waals surface area contributed by atoms with Gasteiger partial charge in [-0.3, -0.25) is 0 Å². The monoisotopic (exact) mass is 293 g/mol. The van der Waals surface area contributed by atoms with Gasteiger partial charge in [-0.05, 0) is 11.8 Å². The van der Waals surface area contributed by atoms with Crippen molar-refractivity contribution in [1.29, 1.82) is 0 Å². The number of hydrogen-bond acceptors (Lipinski definition) is 5. The van der Waals surface area contributed by atoms with Gasteiger partial charge in [0.2, 0.25) is 0 Å². The number of thioether (sulfide) groups is 1. The summed E-state index contributed by atoms with van der Waals surface area (Å²) in [4.78, 5) is 4.42. The number of benzene rings is 1. The van der Waals surface area contributed by atoms with Gasteiger partial charge < -0.3 is 10.2 Å². The molecule has 2 N–H and O–H groups in total. The highest BCUT2D eigenvalue weighted by Crippen LogP contribution is 2.19. The third-order valence-corrected chi connectivity index (χ3v) is 3.58. The summed E-state index contributed by atoms with van der Waals surface area (Å²) in [5.74, 6) is 2.13. The standard InChI is InChI=1S/C14H19N3O2S/c1-20-10-7-12-15-14(16-17(12)8-9-18)13(19)11-5-3-2-4-6-11/h2-6,13,18-19H,7-10H2,1H3/t13-/m0/s1. The zero-order valence-electron chi connectivity index (χ0n) is 11.4. The molecule has 0 aliphatic rings. The van der Waals surface area contributed by atoms with Crippen LogP contribution in [0.4, 0.5) is 0 Å². The molecule has 0 bridgehead atoms. The largest absolute Gasteiger partial charge is 0.394 e. The maximum absolute atomic E-state index is 10.3. The Labute approximate surface area is 122 Å². The van der Waals surface area contributed by atoms with E-state index in [9.17, 15) is 5.11 Å². The number of hydrogen-bond donors (Lipinski definition) is 2. The van der Waals surface area contributed by atoms with Crippen molar-refractivity contribution in [1.82, 2.24) is 14.8 Å². The van der Waals surface area contributed by atoms with Gasteiger partial charge in [-0.25, -0.2) is 9.67 Å². The van der Waals surface area contributed by atoms with Crippen molar-refractivity contribution in [2.45, 2.75) is 19.1 Å². The van der Waals surface area contributed by atoms with Crippen LogP contribution in [0.3, 0.4) is 0 Å². The van der Waals surface area contributed by atoms with Crippen LogP contribution >= 0.6 is 11.8 Å². The van der Waals surface area contributed by atoms with Gasteiger partial charge in [0.05, 0.1) is 13.2 Å². The SMILES string of the molecule is CSCCc1nc([C@@H](O)c2ccccc2)nn1CCO. The zero-order valence-corrected chi connectivity index (χ0v) is 12.3. The molecule has 0 unspecified atom stereocenters. The second kappa shape index (κ2) is 7.42. The van der Waals surface area contributed by atoms with Crippen LogP contribution in [0, 0.1) is 0 Å². The van der Waals surface area contributed by atoms with Gasteiger partial charge in [0.25, 0.3) is 0 Å². The lowest BCUT2D eigenvalue weighted by Crippen LogP contribution is -2.10. The molecule has 1 aromatic carbocycles. The molecular formula is C14H19N3O2S. The first-order valence-electron chi connectivity index (χ1n) is 6.52. The lowest BCUT2D eigenvalue weighted by molar-refractivity contribution is 0.208. The number of aromatic nitrogens is 3. The van der Waals surface area contributed by atoms with Crippen molar-refractivity contribution in [2.24, 2.45) is 0 Å². The number of nitrogens with zero attached hydrogens (tertiary/aromatic N) is 3. The van der Waals surface area contributed by atoms with Crippen molar-refractivity contribution in [3.8, 4) is 0 Å². The average Bonchev–Trinajstić information content (AvgIpc) is 2.89. The second-order valence-corrected chi connectivity index (χ2v) is 5.37. The van der Waals surface area contributed by atoms with E-state index in [1.54, 1.807) is 16.4 Å². The summed E-state index contributed by atoms with van der Waals surface area (Å²) < 4.78 is 1.68. The van der Waals surface area contributed by atoms with Crippen LogP contribution in [0.15, 0.2) is 30.3 Å². The Bertz CT molecular complexity index is 530. The molecule has 108 valence electrons. The van der Waals surface area contributed by atoms with Crippen molar-refractivity contribution >= 4 is 11.8 Å². The van der Waals surface area contributed by atoms with Gasteiger partial charge in [0.1, 0.15) is 11.9 Å². The third kappa shape index (κ3) is 3.59. The Morgan fingerprint density at radius 2 is 2.05 bits per heavy atom. The minimum atomic E-state index is -0.829. The minimum absolute atomic E-state index is 0.0104. The first kappa shape index (κ1) is 15.0. The summed E-state index contributed by atoms with van der Waals surface area (Å²) in [6, 6.07) is 9.34. The van der Waals surface area contributed by atoms with Crippen LogP contribution in [0.25, 0.3) is 0 Å². The van der Waals surface area contributed by atoms with Crippen molar-refractivity contribution in [3.63, 3.8) is 0 Å². The molecule has 0 aliphatic heterocycles. The van der Waals surface area contributed by atoms with Crippen LogP contribution in [0.1, 0.15) is 23.3 Å². The normalized spacial score (nSPS) is 12.6. The first-order valence-corrected chi connectivity index (χ1v) is 7.92. The van der Waals surface area contributed by atoms with Crippen LogP contribution < -0.4 is 0 Å². The zero-order chi connectivity index (χ0) is 14.4. The molecule has 20 heavy (non-hydrogen) atoms. The smallest absolute Gasteiger partial charge is 0.183 e. The second-order valence-electron chi connectivity index (χ2n) is 4.39. The number of aryl methyl sites for hydroxylation is 1. The van der Waals surface area contributed by atoms with E-state index in [1.807, 2.05) is 36.6 Å². The number of rotatable bonds is 7. The maximum Gasteiger partial charge on any atom is 0.183 e. The average molecular weight is 293 g/mol. The van der Waals surface area contributed by atoms with E-state index >= 15 is 0 Å². The quantitative estimate of drug-likeness (QED) is 0.804. The minimum Gasteiger partial charge on any atom is -0.394 e. The Hall–Kier alpha value is -1.37.